The molecule has 0 bridgehead atoms. The van der Waals surface area contributed by atoms with Crippen LogP contribution in [0.1, 0.15) is 12.8 Å². The molecule has 0 saturated carbocycles. The van der Waals surface area contributed by atoms with Gasteiger partial charge in [0.15, 0.2) is 0 Å². The van der Waals surface area contributed by atoms with Crippen LogP contribution in [0.25, 0.3) is 0 Å². The lowest BCUT2D eigenvalue weighted by Crippen LogP contribution is -2.56. The number of amides is 1. The van der Waals surface area contributed by atoms with E-state index in [0.29, 0.717) is 17.2 Å². The highest BCUT2D eigenvalue weighted by molar-refractivity contribution is 5.91. The molecule has 0 aromatic heterocycles. The molecule has 1 aromatic carbocycles. The zero-order valence-corrected chi connectivity index (χ0v) is 13.5. The fourth-order valence-electron chi connectivity index (χ4n) is 2.49. The van der Waals surface area contributed by atoms with Crippen LogP contribution in [-0.4, -0.2) is 51.0 Å². The third kappa shape index (κ3) is 2.89. The minimum Gasteiger partial charge on any atom is -0.497 e. The van der Waals surface area contributed by atoms with Crippen LogP contribution in [0.2, 0.25) is 0 Å². The summed E-state index contributed by atoms with van der Waals surface area (Å²) in [5, 5.41) is 1.14. The molecule has 0 aliphatic carbocycles. The third-order valence-corrected chi connectivity index (χ3v) is 3.77. The molecule has 1 aromatic rings. The van der Waals surface area contributed by atoms with E-state index in [9.17, 15) is 9.59 Å². The Balaban J connectivity index is 2.36. The Labute approximate surface area is 134 Å². The molecule has 0 radical (unpaired) electrons. The molecule has 1 unspecified atom stereocenters. The second-order valence-corrected chi connectivity index (χ2v) is 4.89. The van der Waals surface area contributed by atoms with E-state index in [1.54, 1.807) is 25.3 Å². The van der Waals surface area contributed by atoms with Gasteiger partial charge in [-0.25, -0.2) is 9.80 Å². The first-order valence-electron chi connectivity index (χ1n) is 6.97. The van der Waals surface area contributed by atoms with Gasteiger partial charge in [-0.2, -0.15) is 0 Å². The summed E-state index contributed by atoms with van der Waals surface area (Å²) in [6.45, 7) is 0. The molecule has 0 spiro atoms. The summed E-state index contributed by atoms with van der Waals surface area (Å²) in [7, 11) is 5.64. The monoisotopic (exact) mass is 324 g/mol. The lowest BCUT2D eigenvalue weighted by molar-refractivity contribution is -0.187. The number of hydrogen-bond donors (Lipinski definition) is 1. The maximum absolute atomic E-state index is 12.2. The average molecular weight is 324 g/mol. The molecule has 23 heavy (non-hydrogen) atoms. The van der Waals surface area contributed by atoms with Crippen molar-refractivity contribution in [1.29, 1.82) is 0 Å². The van der Waals surface area contributed by atoms with Gasteiger partial charge < -0.3 is 18.9 Å². The van der Waals surface area contributed by atoms with Gasteiger partial charge in [-0.1, -0.05) is 0 Å². The first-order valence-corrected chi connectivity index (χ1v) is 6.97. The molecule has 1 N–H and O–H groups in total. The highest BCUT2D eigenvalue weighted by Gasteiger charge is 2.54. The standard InChI is InChI=1S/C15H20N2O6/c1-20-10-5-6-11(12(9-10)21-2)16-17-13(18)7-8-15(17,23-4)14(19)22-3/h5-6,9,16H,7-8H2,1-4H3. The van der Waals surface area contributed by atoms with Gasteiger partial charge >= 0.3 is 5.97 Å². The molecule has 126 valence electrons. The predicted molar refractivity (Wildman–Crippen MR) is 81.0 cm³/mol. The summed E-state index contributed by atoms with van der Waals surface area (Å²) in [5.74, 6) is 0.131. The number of ether oxygens (including phenoxy) is 4. The van der Waals surface area contributed by atoms with Gasteiger partial charge in [0.25, 0.3) is 5.72 Å². The molecule has 1 saturated heterocycles. The molecule has 1 amide bonds. The first kappa shape index (κ1) is 16.9. The second-order valence-electron chi connectivity index (χ2n) is 4.89. The van der Waals surface area contributed by atoms with Crippen LogP contribution in [-0.2, 0) is 19.1 Å². The molecule has 1 aliphatic heterocycles. The molecule has 8 heteroatoms. The van der Waals surface area contributed by atoms with Gasteiger partial charge in [-0.05, 0) is 12.1 Å². The van der Waals surface area contributed by atoms with E-state index in [2.05, 4.69) is 5.43 Å². The number of esters is 1. The molecular formula is C15H20N2O6. The Morgan fingerprint density at radius 1 is 1.22 bits per heavy atom. The van der Waals surface area contributed by atoms with Gasteiger partial charge in [0.2, 0.25) is 5.91 Å². The van der Waals surface area contributed by atoms with Crippen molar-refractivity contribution >= 4 is 17.6 Å². The summed E-state index contributed by atoms with van der Waals surface area (Å²) < 4.78 is 20.5. The number of anilines is 1. The number of carbonyl (C=O) groups is 2. The third-order valence-electron chi connectivity index (χ3n) is 3.77. The SMILES string of the molecule is COC(=O)C1(OC)CCC(=O)N1Nc1ccc(OC)cc1OC. The summed E-state index contributed by atoms with van der Waals surface area (Å²) in [6, 6.07) is 5.05. The van der Waals surface area contributed by atoms with Crippen LogP contribution in [0.4, 0.5) is 5.69 Å². The van der Waals surface area contributed by atoms with E-state index in [1.807, 2.05) is 0 Å². The van der Waals surface area contributed by atoms with Crippen molar-refractivity contribution in [2.24, 2.45) is 0 Å². The van der Waals surface area contributed by atoms with Crippen LogP contribution in [0.3, 0.4) is 0 Å². The van der Waals surface area contributed by atoms with Crippen molar-refractivity contribution in [3.05, 3.63) is 18.2 Å². The van der Waals surface area contributed by atoms with E-state index in [0.717, 1.165) is 5.01 Å². The van der Waals surface area contributed by atoms with E-state index >= 15 is 0 Å². The zero-order chi connectivity index (χ0) is 17.0. The van der Waals surface area contributed by atoms with Crippen molar-refractivity contribution in [2.75, 3.05) is 33.9 Å². The smallest absolute Gasteiger partial charge is 0.361 e. The van der Waals surface area contributed by atoms with Crippen molar-refractivity contribution in [1.82, 2.24) is 5.01 Å². The minimum absolute atomic E-state index is 0.161. The fraction of sp³-hybridized carbons (Fsp3) is 0.467. The highest BCUT2D eigenvalue weighted by atomic mass is 16.6. The van der Waals surface area contributed by atoms with Crippen molar-refractivity contribution < 1.29 is 28.5 Å². The Morgan fingerprint density at radius 3 is 2.52 bits per heavy atom. The van der Waals surface area contributed by atoms with Crippen molar-refractivity contribution in [3.8, 4) is 11.5 Å². The summed E-state index contributed by atoms with van der Waals surface area (Å²) in [6.07, 6.45) is 0.356. The lowest BCUT2D eigenvalue weighted by Gasteiger charge is -2.34. The summed E-state index contributed by atoms with van der Waals surface area (Å²) in [5.41, 5.74) is 1.89. The van der Waals surface area contributed by atoms with Gasteiger partial charge in [0, 0.05) is 26.0 Å². The molecule has 8 nitrogen and oxygen atoms in total. The van der Waals surface area contributed by atoms with Crippen molar-refractivity contribution in [3.63, 3.8) is 0 Å². The number of hydrogen-bond acceptors (Lipinski definition) is 7. The van der Waals surface area contributed by atoms with Crippen LogP contribution >= 0.6 is 0 Å². The average Bonchev–Trinajstić information content (AvgIpc) is 2.91. The molecule has 1 heterocycles. The Morgan fingerprint density at radius 2 is 1.96 bits per heavy atom. The Kier molecular flexibility index (Phi) is 4.95. The van der Waals surface area contributed by atoms with Crippen LogP contribution in [0.5, 0.6) is 11.5 Å². The number of methoxy groups -OCH3 is 4. The molecule has 1 fully saturated rings. The second kappa shape index (κ2) is 6.74. The highest BCUT2D eigenvalue weighted by Crippen LogP contribution is 2.36. The molecule has 1 aliphatic rings. The normalized spacial score (nSPS) is 20.3. The first-order chi connectivity index (χ1) is 11.0. The number of nitrogens with one attached hydrogen (secondary N) is 1. The van der Waals surface area contributed by atoms with Crippen LogP contribution < -0.4 is 14.9 Å². The lowest BCUT2D eigenvalue weighted by atomic mass is 10.1. The maximum atomic E-state index is 12.2. The van der Waals surface area contributed by atoms with E-state index < -0.39 is 11.7 Å². The number of nitrogens with zero attached hydrogens (tertiary/aromatic N) is 1. The van der Waals surface area contributed by atoms with E-state index in [4.69, 9.17) is 18.9 Å². The summed E-state index contributed by atoms with van der Waals surface area (Å²) >= 11 is 0. The number of hydrazine groups is 1. The Hall–Kier alpha value is -2.48. The minimum atomic E-state index is -1.50. The largest absolute Gasteiger partial charge is 0.497 e. The number of rotatable bonds is 6. The zero-order valence-electron chi connectivity index (χ0n) is 13.5. The maximum Gasteiger partial charge on any atom is 0.361 e. The van der Waals surface area contributed by atoms with Crippen LogP contribution in [0, 0.1) is 0 Å². The molecule has 2 rings (SSSR count). The Bertz CT molecular complexity index is 606. The summed E-state index contributed by atoms with van der Waals surface area (Å²) in [4.78, 5) is 24.3. The van der Waals surface area contributed by atoms with E-state index in [1.165, 1.54) is 21.3 Å². The topological polar surface area (TPSA) is 86.3 Å². The quantitative estimate of drug-likeness (QED) is 0.786. The van der Waals surface area contributed by atoms with Crippen LogP contribution in [0.15, 0.2) is 18.2 Å². The number of carbonyl (C=O) groups excluding carboxylic acids is 2. The molecule has 1 atom stereocenters. The number of benzene rings is 1. The fourth-order valence-corrected chi connectivity index (χ4v) is 2.49. The van der Waals surface area contributed by atoms with Gasteiger partial charge in [0.1, 0.15) is 11.5 Å². The predicted octanol–water partition coefficient (Wildman–Crippen LogP) is 1.17. The van der Waals surface area contributed by atoms with Gasteiger partial charge in [-0.3, -0.25) is 10.2 Å². The van der Waals surface area contributed by atoms with Gasteiger partial charge in [0.05, 0.1) is 27.0 Å². The van der Waals surface area contributed by atoms with Gasteiger partial charge in [-0.15, -0.1) is 0 Å². The van der Waals surface area contributed by atoms with Crippen molar-refractivity contribution in [2.45, 2.75) is 18.6 Å². The molecular weight excluding hydrogens is 304 g/mol. The van der Waals surface area contributed by atoms with E-state index in [-0.39, 0.29) is 18.7 Å².